The van der Waals surface area contributed by atoms with Gasteiger partial charge in [-0.05, 0) is 128 Å². The van der Waals surface area contributed by atoms with Gasteiger partial charge in [0.15, 0.2) is 0 Å². The molecule has 11 aromatic carbocycles. The maximum atomic E-state index is 2.43. The second-order valence-corrected chi connectivity index (χ2v) is 17.3. The molecule has 12 rings (SSSR count). The van der Waals surface area contributed by atoms with Crippen LogP contribution in [0.5, 0.6) is 0 Å². The second-order valence-electron chi connectivity index (χ2n) is 17.3. The molecule has 0 N–H and O–H groups in total. The van der Waals surface area contributed by atoms with Crippen LogP contribution in [0.4, 0.5) is 17.1 Å². The highest BCUT2D eigenvalue weighted by Gasteiger charge is 2.19. The van der Waals surface area contributed by atoms with Gasteiger partial charge in [-0.25, -0.2) is 0 Å². The summed E-state index contributed by atoms with van der Waals surface area (Å²) < 4.78 is 2.43. The van der Waals surface area contributed by atoms with Crippen LogP contribution in [-0.4, -0.2) is 4.57 Å². The Hall–Kier alpha value is -8.98. The normalized spacial score (nSPS) is 11.2. The zero-order valence-corrected chi connectivity index (χ0v) is 37.5. The quantitative estimate of drug-likeness (QED) is 0.133. The summed E-state index contributed by atoms with van der Waals surface area (Å²) in [4.78, 5) is 2.34. The first kappa shape index (κ1) is 40.5. The Labute approximate surface area is 397 Å². The lowest BCUT2D eigenvalue weighted by atomic mass is 9.94. The van der Waals surface area contributed by atoms with Crippen LogP contribution in [0.3, 0.4) is 0 Å². The van der Waals surface area contributed by atoms with E-state index < -0.39 is 0 Å². The molecule has 0 amide bonds. The number of fused-ring (bicyclic) bond motifs is 3. The molecule has 2 heteroatoms. The van der Waals surface area contributed by atoms with E-state index in [0.29, 0.717) is 0 Å². The zero-order valence-electron chi connectivity index (χ0n) is 37.5. The predicted molar refractivity (Wildman–Crippen MR) is 288 cm³/mol. The molecule has 2 nitrogen and oxygen atoms in total. The summed E-state index contributed by atoms with van der Waals surface area (Å²) in [6, 6.07) is 101. The molecule has 0 atom stereocenters. The third-order valence-electron chi connectivity index (χ3n) is 13.2. The Balaban J connectivity index is 0.855. The van der Waals surface area contributed by atoms with Gasteiger partial charge in [-0.3, -0.25) is 0 Å². The third-order valence-corrected chi connectivity index (χ3v) is 13.2. The molecule has 0 bridgehead atoms. The fraction of sp³-hybridized carbons (Fsp3) is 0. The molecule has 0 saturated heterocycles. The third kappa shape index (κ3) is 7.74. The topological polar surface area (TPSA) is 8.17 Å². The molecule has 0 fully saturated rings. The molecular formula is C66H46N2. The number of aromatic nitrogens is 1. The van der Waals surface area contributed by atoms with Crippen molar-refractivity contribution in [2.24, 2.45) is 0 Å². The van der Waals surface area contributed by atoms with E-state index in [1.807, 2.05) is 0 Å². The van der Waals surface area contributed by atoms with E-state index in [-0.39, 0.29) is 0 Å². The van der Waals surface area contributed by atoms with Crippen LogP contribution in [0.2, 0.25) is 0 Å². The number of anilines is 3. The van der Waals surface area contributed by atoms with Crippen LogP contribution < -0.4 is 4.90 Å². The van der Waals surface area contributed by atoms with Gasteiger partial charge in [0.25, 0.3) is 0 Å². The Bertz CT molecular complexity index is 3550. The van der Waals surface area contributed by atoms with Gasteiger partial charge in [0.05, 0.1) is 11.0 Å². The summed E-state index contributed by atoms with van der Waals surface area (Å²) >= 11 is 0. The Kier molecular flexibility index (Phi) is 10.6. The van der Waals surface area contributed by atoms with Gasteiger partial charge in [0.1, 0.15) is 0 Å². The van der Waals surface area contributed by atoms with Crippen LogP contribution in [-0.2, 0) is 0 Å². The van der Waals surface area contributed by atoms with Crippen LogP contribution >= 0.6 is 0 Å². The van der Waals surface area contributed by atoms with Gasteiger partial charge in [-0.15, -0.1) is 0 Å². The molecule has 0 radical (unpaired) electrons. The Morgan fingerprint density at radius 3 is 0.985 bits per heavy atom. The average molecular weight is 867 g/mol. The average Bonchev–Trinajstić information content (AvgIpc) is 3.77. The van der Waals surface area contributed by atoms with Crippen molar-refractivity contribution in [1.82, 2.24) is 4.57 Å². The number of nitrogens with zero attached hydrogens (tertiary/aromatic N) is 2. The van der Waals surface area contributed by atoms with Crippen molar-refractivity contribution in [2.45, 2.75) is 0 Å². The molecular weight excluding hydrogens is 821 g/mol. The monoisotopic (exact) mass is 866 g/mol. The number of hydrogen-bond acceptors (Lipinski definition) is 1. The fourth-order valence-electron chi connectivity index (χ4n) is 9.77. The lowest BCUT2D eigenvalue weighted by molar-refractivity contribution is 1.18. The van der Waals surface area contributed by atoms with Crippen LogP contribution in [0, 0.1) is 0 Å². The molecule has 0 unspecified atom stereocenters. The van der Waals surface area contributed by atoms with E-state index >= 15 is 0 Å². The summed E-state index contributed by atoms with van der Waals surface area (Å²) in [6.45, 7) is 0. The summed E-state index contributed by atoms with van der Waals surface area (Å²) in [5.41, 5.74) is 21.2. The first-order valence-electron chi connectivity index (χ1n) is 23.3. The first-order valence-corrected chi connectivity index (χ1v) is 23.3. The van der Waals surface area contributed by atoms with Gasteiger partial charge in [-0.2, -0.15) is 0 Å². The SMILES string of the molecule is c1ccc(-c2ccc(N(c3ccc(-c4ccccc4)cc3)c3ccc(-c4ccc(-c5ccc(-c6cc(-c7ccccc7)cc7c8ccccc8n(-c8ccccc8)c67)cc5)cc4)cc3)cc2)cc1. The summed E-state index contributed by atoms with van der Waals surface area (Å²) in [5, 5.41) is 2.49. The van der Waals surface area contributed by atoms with Crippen LogP contribution in [0.15, 0.2) is 279 Å². The molecule has 0 saturated carbocycles. The fourth-order valence-corrected chi connectivity index (χ4v) is 9.77. The zero-order chi connectivity index (χ0) is 45.2. The highest BCUT2D eigenvalue weighted by Crippen LogP contribution is 2.42. The molecule has 68 heavy (non-hydrogen) atoms. The Morgan fingerprint density at radius 1 is 0.235 bits per heavy atom. The minimum atomic E-state index is 1.10. The summed E-state index contributed by atoms with van der Waals surface area (Å²) in [7, 11) is 0. The van der Waals surface area contributed by atoms with Gasteiger partial charge >= 0.3 is 0 Å². The minimum absolute atomic E-state index is 1.10. The predicted octanol–water partition coefficient (Wildman–Crippen LogP) is 18.3. The van der Waals surface area contributed by atoms with Crippen molar-refractivity contribution < 1.29 is 0 Å². The summed E-state index contributed by atoms with van der Waals surface area (Å²) in [5.74, 6) is 0. The van der Waals surface area contributed by atoms with Crippen LogP contribution in [0.1, 0.15) is 0 Å². The van der Waals surface area contributed by atoms with Crippen molar-refractivity contribution in [3.63, 3.8) is 0 Å². The minimum Gasteiger partial charge on any atom is -0.311 e. The largest absolute Gasteiger partial charge is 0.311 e. The maximum absolute atomic E-state index is 2.43. The van der Waals surface area contributed by atoms with E-state index in [0.717, 1.165) is 22.7 Å². The van der Waals surface area contributed by atoms with Gasteiger partial charge in [0, 0.05) is 39.1 Å². The molecule has 320 valence electrons. The molecule has 1 heterocycles. The van der Waals surface area contributed by atoms with E-state index in [9.17, 15) is 0 Å². The highest BCUT2D eigenvalue weighted by molar-refractivity contribution is 6.15. The first-order chi connectivity index (χ1) is 33.7. The second kappa shape index (κ2) is 17.8. The smallest absolute Gasteiger partial charge is 0.0619 e. The van der Waals surface area contributed by atoms with E-state index in [1.165, 1.54) is 88.6 Å². The number of para-hydroxylation sites is 2. The number of hydrogen-bond donors (Lipinski definition) is 0. The number of rotatable bonds is 10. The molecule has 0 spiro atoms. The van der Waals surface area contributed by atoms with E-state index in [1.54, 1.807) is 0 Å². The highest BCUT2D eigenvalue weighted by atomic mass is 15.1. The van der Waals surface area contributed by atoms with E-state index in [2.05, 4.69) is 289 Å². The molecule has 0 aliphatic rings. The molecule has 0 aliphatic carbocycles. The lowest BCUT2D eigenvalue weighted by Crippen LogP contribution is -2.09. The molecule has 0 aliphatic heterocycles. The van der Waals surface area contributed by atoms with Crippen molar-refractivity contribution in [2.75, 3.05) is 4.90 Å². The van der Waals surface area contributed by atoms with Crippen molar-refractivity contribution in [3.8, 4) is 72.4 Å². The standard InChI is InChI=1S/C66H46N2/c1-5-15-47(16-6-1)53-33-39-59(40-34-53)67(60-41-35-54(36-42-60)48-17-7-2-8-18-48)61-43-37-55(38-44-61)51-27-25-50(26-28-51)52-29-31-56(32-30-52)63-45-57(49-19-9-3-10-20-49)46-64-62-23-13-14-24-65(62)68(66(63)64)58-21-11-4-12-22-58/h1-46H. The Morgan fingerprint density at radius 2 is 0.559 bits per heavy atom. The lowest BCUT2D eigenvalue weighted by Gasteiger charge is -2.26. The molecule has 12 aromatic rings. The van der Waals surface area contributed by atoms with Gasteiger partial charge in [-0.1, -0.05) is 212 Å². The number of benzene rings is 11. The van der Waals surface area contributed by atoms with Crippen molar-refractivity contribution in [1.29, 1.82) is 0 Å². The van der Waals surface area contributed by atoms with Crippen molar-refractivity contribution >= 4 is 38.9 Å². The summed E-state index contributed by atoms with van der Waals surface area (Å²) in [6.07, 6.45) is 0. The van der Waals surface area contributed by atoms with Crippen LogP contribution in [0.25, 0.3) is 94.3 Å². The van der Waals surface area contributed by atoms with Crippen molar-refractivity contribution in [3.05, 3.63) is 279 Å². The maximum Gasteiger partial charge on any atom is 0.0619 e. The molecule has 1 aromatic heterocycles. The van der Waals surface area contributed by atoms with Gasteiger partial charge in [0.2, 0.25) is 0 Å². The van der Waals surface area contributed by atoms with Gasteiger partial charge < -0.3 is 9.47 Å². The van der Waals surface area contributed by atoms with E-state index in [4.69, 9.17) is 0 Å².